The quantitative estimate of drug-likeness (QED) is 0.0199. The summed E-state index contributed by atoms with van der Waals surface area (Å²) in [6, 6.07) is -0.995. The molecule has 0 aromatic heterocycles. The largest absolute Gasteiger partial charge is 0.394 e. The van der Waals surface area contributed by atoms with E-state index in [0.29, 0.717) is 12.8 Å². The molecule has 3 heterocycles. The molecule has 17 unspecified atom stereocenters. The van der Waals surface area contributed by atoms with Crippen LogP contribution in [0.5, 0.6) is 0 Å². The Morgan fingerprint density at radius 2 is 0.713 bits per heavy atom. The van der Waals surface area contributed by atoms with E-state index in [4.69, 9.17) is 28.4 Å². The maximum Gasteiger partial charge on any atom is 0.220 e. The Labute approximate surface area is 567 Å². The molecular weight excluding hydrogens is 1200 g/mol. The lowest BCUT2D eigenvalue weighted by Crippen LogP contribution is -2.66. The standard InChI is InChI=1S/C75H137NO18/c1-3-5-7-9-11-13-15-17-19-21-23-25-26-27-28-29-30-31-33-34-36-38-40-42-44-46-48-50-52-59(80)58(76-63(81)53-51-49-47-45-43-41-39-37-35-32-24-22-20-18-16-14-12-10-8-6-4-2)57-89-73-69(87)66(84)71(61(55-78)91-73)94-75-70(88)67(85)72(62(56-79)92-75)93-74-68(86)65(83)64(82)60(54-77)90-74/h16,18,22,24,42,44,50,52,58-62,64-75,77-80,82-88H,3-15,17,19-21,23,25-41,43,45-49,51,53-57H2,1-2H3,(H,76,81)/b18-16-,24-22-,44-42+,52-50+. The average Bonchev–Trinajstić information content (AvgIpc) is 0.787. The van der Waals surface area contributed by atoms with E-state index in [-0.39, 0.29) is 18.9 Å². The third-order valence-corrected chi connectivity index (χ3v) is 18.8. The highest BCUT2D eigenvalue weighted by Crippen LogP contribution is 2.33. The van der Waals surface area contributed by atoms with Crippen molar-refractivity contribution in [2.24, 2.45) is 0 Å². The van der Waals surface area contributed by atoms with Gasteiger partial charge in [0.2, 0.25) is 5.91 Å². The first-order valence-corrected chi connectivity index (χ1v) is 37.9. The van der Waals surface area contributed by atoms with Crippen LogP contribution in [0.4, 0.5) is 0 Å². The number of hydrogen-bond donors (Lipinski definition) is 12. The van der Waals surface area contributed by atoms with Crippen LogP contribution in [0, 0.1) is 0 Å². The van der Waals surface area contributed by atoms with Gasteiger partial charge >= 0.3 is 0 Å². The Hall–Kier alpha value is -2.25. The van der Waals surface area contributed by atoms with Gasteiger partial charge in [0, 0.05) is 6.42 Å². The van der Waals surface area contributed by atoms with Crippen LogP contribution in [0.15, 0.2) is 48.6 Å². The summed E-state index contributed by atoms with van der Waals surface area (Å²) in [5.74, 6) is -0.288. The van der Waals surface area contributed by atoms with Crippen molar-refractivity contribution in [1.29, 1.82) is 0 Å². The van der Waals surface area contributed by atoms with Crippen molar-refractivity contribution in [1.82, 2.24) is 5.32 Å². The first kappa shape index (κ1) is 86.0. The highest BCUT2D eigenvalue weighted by molar-refractivity contribution is 5.76. The van der Waals surface area contributed by atoms with Gasteiger partial charge in [0.25, 0.3) is 0 Å². The van der Waals surface area contributed by atoms with E-state index in [9.17, 15) is 61.0 Å². The van der Waals surface area contributed by atoms with E-state index in [0.717, 1.165) is 57.8 Å². The van der Waals surface area contributed by atoms with E-state index >= 15 is 0 Å². The van der Waals surface area contributed by atoms with Crippen molar-refractivity contribution in [3.8, 4) is 0 Å². The third-order valence-electron chi connectivity index (χ3n) is 18.8. The van der Waals surface area contributed by atoms with Crippen LogP contribution < -0.4 is 5.32 Å². The van der Waals surface area contributed by atoms with E-state index in [2.05, 4.69) is 55.6 Å². The van der Waals surface area contributed by atoms with E-state index < -0.39 is 124 Å². The molecule has 19 heteroatoms. The highest BCUT2D eigenvalue weighted by atomic mass is 16.8. The molecule has 3 saturated heterocycles. The van der Waals surface area contributed by atoms with Gasteiger partial charge in [-0.1, -0.05) is 268 Å². The van der Waals surface area contributed by atoms with Gasteiger partial charge in [-0.2, -0.15) is 0 Å². The van der Waals surface area contributed by atoms with Crippen molar-refractivity contribution in [3.05, 3.63) is 48.6 Å². The normalized spacial score (nSPS) is 27.6. The van der Waals surface area contributed by atoms with Crippen LogP contribution >= 0.6 is 0 Å². The summed E-state index contributed by atoms with van der Waals surface area (Å²) in [5, 5.41) is 121. The van der Waals surface area contributed by atoms with Gasteiger partial charge in [-0.05, 0) is 64.2 Å². The molecule has 550 valence electrons. The second-order valence-corrected chi connectivity index (χ2v) is 27.1. The van der Waals surface area contributed by atoms with Gasteiger partial charge in [0.05, 0.1) is 38.6 Å². The summed E-state index contributed by atoms with van der Waals surface area (Å²) in [7, 11) is 0. The Balaban J connectivity index is 1.42. The van der Waals surface area contributed by atoms with Gasteiger partial charge in [-0.3, -0.25) is 4.79 Å². The molecule has 0 aliphatic carbocycles. The third kappa shape index (κ3) is 37.3. The number of rotatable bonds is 59. The zero-order valence-electron chi connectivity index (χ0n) is 58.4. The van der Waals surface area contributed by atoms with E-state index in [1.165, 1.54) is 199 Å². The predicted molar refractivity (Wildman–Crippen MR) is 369 cm³/mol. The topological polar surface area (TPSA) is 307 Å². The maximum atomic E-state index is 13.4. The SMILES string of the molecule is CCCCCCC/C=C\C/C=C\CCCCCCCCCCCC(=O)NC(COC1OC(CO)C(OC2OC(CO)C(OC3OC(CO)C(O)C(O)C3O)C(O)C2O)C(O)C1O)C(O)/C=C/CC/C=C/CCCCCCCCCCCCCCCCCCCCCCCC. The number of nitrogens with one attached hydrogen (secondary N) is 1. The van der Waals surface area contributed by atoms with Crippen molar-refractivity contribution in [2.75, 3.05) is 26.4 Å². The number of unbranched alkanes of at least 4 members (excludes halogenated alkanes) is 37. The highest BCUT2D eigenvalue weighted by Gasteiger charge is 2.53. The summed E-state index contributed by atoms with van der Waals surface area (Å²) in [6.07, 6.45) is 42.4. The molecule has 3 rings (SSSR count). The van der Waals surface area contributed by atoms with Crippen molar-refractivity contribution in [2.45, 2.75) is 394 Å². The molecule has 12 N–H and O–H groups in total. The number of aliphatic hydroxyl groups excluding tert-OH is 11. The van der Waals surface area contributed by atoms with Crippen LogP contribution in [0.2, 0.25) is 0 Å². The Morgan fingerprint density at radius 1 is 0.383 bits per heavy atom. The molecule has 17 atom stereocenters. The number of aliphatic hydroxyl groups is 11. The Kier molecular flexibility index (Phi) is 51.7. The summed E-state index contributed by atoms with van der Waals surface area (Å²) in [6.45, 7) is 1.73. The van der Waals surface area contributed by atoms with Crippen LogP contribution in [-0.2, 0) is 33.2 Å². The van der Waals surface area contributed by atoms with Crippen LogP contribution in [0.25, 0.3) is 0 Å². The first-order valence-electron chi connectivity index (χ1n) is 37.9. The second-order valence-electron chi connectivity index (χ2n) is 27.1. The molecule has 3 aliphatic rings. The number of carbonyl (C=O) groups excluding carboxylic acids is 1. The molecule has 94 heavy (non-hydrogen) atoms. The number of allylic oxidation sites excluding steroid dienone is 7. The lowest BCUT2D eigenvalue weighted by Gasteiger charge is -2.48. The van der Waals surface area contributed by atoms with Gasteiger partial charge < -0.3 is 89.9 Å². The fourth-order valence-corrected chi connectivity index (χ4v) is 12.7. The van der Waals surface area contributed by atoms with Crippen LogP contribution in [0.1, 0.15) is 290 Å². The smallest absolute Gasteiger partial charge is 0.220 e. The van der Waals surface area contributed by atoms with Gasteiger partial charge in [-0.25, -0.2) is 0 Å². The molecule has 3 aliphatic heterocycles. The number of ether oxygens (including phenoxy) is 6. The van der Waals surface area contributed by atoms with Gasteiger partial charge in [-0.15, -0.1) is 0 Å². The summed E-state index contributed by atoms with van der Waals surface area (Å²) < 4.78 is 34.4. The minimum atomic E-state index is -1.98. The molecule has 0 aromatic carbocycles. The van der Waals surface area contributed by atoms with Crippen LogP contribution in [-0.4, -0.2) is 193 Å². The first-order chi connectivity index (χ1) is 45.8. The fraction of sp³-hybridized carbons (Fsp3) is 0.880. The molecule has 0 saturated carbocycles. The van der Waals surface area contributed by atoms with Crippen LogP contribution in [0.3, 0.4) is 0 Å². The fourth-order valence-electron chi connectivity index (χ4n) is 12.7. The molecule has 3 fully saturated rings. The predicted octanol–water partition coefficient (Wildman–Crippen LogP) is 11.3. The second kappa shape index (κ2) is 56.5. The zero-order chi connectivity index (χ0) is 68.2. The van der Waals surface area contributed by atoms with Gasteiger partial charge in [0.1, 0.15) is 73.2 Å². The summed E-state index contributed by atoms with van der Waals surface area (Å²) in [5.41, 5.74) is 0. The molecule has 1 amide bonds. The minimum absolute atomic E-state index is 0.230. The minimum Gasteiger partial charge on any atom is -0.394 e. The lowest BCUT2D eigenvalue weighted by atomic mass is 9.96. The molecule has 0 spiro atoms. The molecule has 0 radical (unpaired) electrons. The van der Waals surface area contributed by atoms with Gasteiger partial charge in [0.15, 0.2) is 18.9 Å². The number of amides is 1. The molecule has 0 bridgehead atoms. The number of hydrogen-bond acceptors (Lipinski definition) is 18. The monoisotopic (exact) mass is 1340 g/mol. The Bertz CT molecular complexity index is 1890. The molecular formula is C75H137NO18. The Morgan fingerprint density at radius 3 is 1.13 bits per heavy atom. The molecule has 0 aromatic rings. The zero-order valence-corrected chi connectivity index (χ0v) is 58.4. The van der Waals surface area contributed by atoms with Crippen molar-refractivity contribution >= 4 is 5.91 Å². The summed E-state index contributed by atoms with van der Waals surface area (Å²) in [4.78, 5) is 13.4. The average molecular weight is 1340 g/mol. The number of carbonyl (C=O) groups is 1. The van der Waals surface area contributed by atoms with Crippen molar-refractivity contribution in [3.63, 3.8) is 0 Å². The summed E-state index contributed by atoms with van der Waals surface area (Å²) >= 11 is 0. The van der Waals surface area contributed by atoms with Crippen molar-refractivity contribution < 1.29 is 89.4 Å². The lowest BCUT2D eigenvalue weighted by molar-refractivity contribution is -0.379. The maximum absolute atomic E-state index is 13.4. The molecule has 19 nitrogen and oxygen atoms in total. The van der Waals surface area contributed by atoms with E-state index in [1.54, 1.807) is 6.08 Å². The van der Waals surface area contributed by atoms with E-state index in [1.807, 2.05) is 6.08 Å².